The average molecular weight is 310 g/mol. The Labute approximate surface area is 124 Å². The van der Waals surface area contributed by atoms with Crippen LogP contribution in [-0.4, -0.2) is 19.1 Å². The summed E-state index contributed by atoms with van der Waals surface area (Å²) in [6.45, 7) is 0. The number of methoxy groups -OCH3 is 2. The molecule has 0 amide bonds. The summed E-state index contributed by atoms with van der Waals surface area (Å²) in [5, 5.41) is 13.7. The van der Waals surface area contributed by atoms with Crippen molar-refractivity contribution in [1.82, 2.24) is 0 Å². The number of nitrogens with zero attached hydrogens (tertiary/aromatic N) is 1. The normalized spacial score (nSPS) is 10.2. The highest BCUT2D eigenvalue weighted by atomic mass is 19.1. The van der Waals surface area contributed by atoms with Crippen molar-refractivity contribution in [3.8, 4) is 11.5 Å². The van der Waals surface area contributed by atoms with Gasteiger partial charge < -0.3 is 14.8 Å². The second-order valence-corrected chi connectivity index (χ2v) is 4.24. The fourth-order valence-corrected chi connectivity index (χ4v) is 1.87. The Hall–Kier alpha value is -2.90. The van der Waals surface area contributed by atoms with E-state index in [1.807, 2.05) is 0 Å². The van der Waals surface area contributed by atoms with Crippen LogP contribution in [0.15, 0.2) is 30.3 Å². The maximum Gasteiger partial charge on any atom is 0.328 e. The van der Waals surface area contributed by atoms with E-state index in [4.69, 9.17) is 9.47 Å². The predicted molar refractivity (Wildman–Crippen MR) is 75.8 cm³/mol. The van der Waals surface area contributed by atoms with Gasteiger partial charge in [0.1, 0.15) is 11.4 Å². The van der Waals surface area contributed by atoms with Crippen LogP contribution in [0.3, 0.4) is 0 Å². The largest absolute Gasteiger partial charge is 0.497 e. The minimum absolute atomic E-state index is 0.0454. The molecule has 0 spiro atoms. The third-order valence-corrected chi connectivity index (χ3v) is 2.89. The molecular formula is C14H12F2N2O4. The third-order valence-electron chi connectivity index (χ3n) is 2.89. The molecular weight excluding hydrogens is 298 g/mol. The summed E-state index contributed by atoms with van der Waals surface area (Å²) in [4.78, 5) is 10.2. The molecule has 0 saturated carbocycles. The first-order chi connectivity index (χ1) is 10.5. The lowest BCUT2D eigenvalue weighted by atomic mass is 10.2. The van der Waals surface area contributed by atoms with E-state index in [9.17, 15) is 18.9 Å². The third kappa shape index (κ3) is 3.05. The van der Waals surface area contributed by atoms with Crippen LogP contribution < -0.4 is 14.8 Å². The van der Waals surface area contributed by atoms with Crippen LogP contribution in [0.5, 0.6) is 11.5 Å². The topological polar surface area (TPSA) is 73.6 Å². The highest BCUT2D eigenvalue weighted by Gasteiger charge is 2.22. The fraction of sp³-hybridized carbons (Fsp3) is 0.143. The molecule has 1 N–H and O–H groups in total. The molecule has 0 heterocycles. The van der Waals surface area contributed by atoms with Crippen LogP contribution in [0.2, 0.25) is 0 Å². The van der Waals surface area contributed by atoms with Crippen molar-refractivity contribution in [2.45, 2.75) is 0 Å². The Balaban J connectivity index is 2.48. The van der Waals surface area contributed by atoms with Gasteiger partial charge in [-0.25, -0.2) is 4.39 Å². The van der Waals surface area contributed by atoms with Crippen molar-refractivity contribution in [2.24, 2.45) is 0 Å². The van der Waals surface area contributed by atoms with Gasteiger partial charge in [-0.05, 0) is 12.1 Å². The molecule has 116 valence electrons. The number of anilines is 2. The molecule has 0 aliphatic heterocycles. The smallest absolute Gasteiger partial charge is 0.328 e. The second kappa shape index (κ2) is 6.25. The highest BCUT2D eigenvalue weighted by molar-refractivity contribution is 5.72. The van der Waals surface area contributed by atoms with Gasteiger partial charge in [0.2, 0.25) is 5.82 Å². The van der Waals surface area contributed by atoms with Crippen molar-refractivity contribution in [3.05, 3.63) is 52.1 Å². The van der Waals surface area contributed by atoms with Crippen molar-refractivity contribution in [2.75, 3.05) is 19.5 Å². The zero-order valence-electron chi connectivity index (χ0n) is 11.7. The van der Waals surface area contributed by atoms with Crippen LogP contribution in [0, 0.1) is 21.7 Å². The first-order valence-electron chi connectivity index (χ1n) is 6.08. The molecule has 0 aromatic heterocycles. The Morgan fingerprint density at radius 3 is 2.41 bits per heavy atom. The number of nitro groups is 1. The number of ether oxygens (including phenoxy) is 2. The molecule has 8 heteroatoms. The summed E-state index contributed by atoms with van der Waals surface area (Å²) in [7, 11) is 2.60. The molecule has 0 radical (unpaired) electrons. The number of nitro benzene ring substituents is 1. The van der Waals surface area contributed by atoms with Gasteiger partial charge in [0.15, 0.2) is 11.6 Å². The van der Waals surface area contributed by atoms with Gasteiger partial charge >= 0.3 is 5.69 Å². The fourth-order valence-electron chi connectivity index (χ4n) is 1.87. The summed E-state index contributed by atoms with van der Waals surface area (Å²) < 4.78 is 36.9. The molecule has 0 aliphatic rings. The summed E-state index contributed by atoms with van der Waals surface area (Å²) >= 11 is 0. The number of hydrogen-bond acceptors (Lipinski definition) is 5. The maximum atomic E-state index is 13.8. The number of halogens is 2. The molecule has 0 saturated heterocycles. The highest BCUT2D eigenvalue weighted by Crippen LogP contribution is 2.35. The summed E-state index contributed by atoms with van der Waals surface area (Å²) in [6, 6.07) is 5.96. The Morgan fingerprint density at radius 2 is 1.82 bits per heavy atom. The van der Waals surface area contributed by atoms with E-state index in [0.29, 0.717) is 5.69 Å². The predicted octanol–water partition coefficient (Wildman–Crippen LogP) is 3.63. The molecule has 2 aromatic rings. The summed E-state index contributed by atoms with van der Waals surface area (Å²) in [5.74, 6) is -1.56. The summed E-state index contributed by atoms with van der Waals surface area (Å²) in [5.41, 5.74) is -0.548. The molecule has 0 bridgehead atoms. The van der Waals surface area contributed by atoms with E-state index in [2.05, 4.69) is 5.32 Å². The number of benzene rings is 2. The van der Waals surface area contributed by atoms with Gasteiger partial charge in [0.25, 0.3) is 0 Å². The molecule has 0 aliphatic carbocycles. The Kier molecular flexibility index (Phi) is 4.40. The number of nitrogens with one attached hydrogen (secondary N) is 1. The van der Waals surface area contributed by atoms with E-state index < -0.39 is 22.2 Å². The van der Waals surface area contributed by atoms with Crippen molar-refractivity contribution in [3.63, 3.8) is 0 Å². The lowest BCUT2D eigenvalue weighted by Crippen LogP contribution is -2.01. The number of hydrogen-bond donors (Lipinski definition) is 1. The quantitative estimate of drug-likeness (QED) is 0.674. The molecule has 2 aromatic carbocycles. The second-order valence-electron chi connectivity index (χ2n) is 4.24. The minimum Gasteiger partial charge on any atom is -0.497 e. The number of rotatable bonds is 5. The van der Waals surface area contributed by atoms with Gasteiger partial charge in [0, 0.05) is 23.9 Å². The van der Waals surface area contributed by atoms with Gasteiger partial charge in [0.05, 0.1) is 19.1 Å². The maximum absolute atomic E-state index is 13.8. The average Bonchev–Trinajstić information content (AvgIpc) is 2.48. The van der Waals surface area contributed by atoms with Crippen LogP contribution in [-0.2, 0) is 0 Å². The van der Waals surface area contributed by atoms with Crippen LogP contribution >= 0.6 is 0 Å². The van der Waals surface area contributed by atoms with E-state index >= 15 is 0 Å². The van der Waals surface area contributed by atoms with Crippen molar-refractivity contribution < 1.29 is 23.2 Å². The van der Waals surface area contributed by atoms with E-state index in [1.54, 1.807) is 0 Å². The van der Waals surface area contributed by atoms with E-state index in [1.165, 1.54) is 32.4 Å². The zero-order chi connectivity index (χ0) is 16.3. The lowest BCUT2D eigenvalue weighted by Gasteiger charge is -2.11. The van der Waals surface area contributed by atoms with Crippen molar-refractivity contribution in [1.29, 1.82) is 0 Å². The monoisotopic (exact) mass is 310 g/mol. The molecule has 22 heavy (non-hydrogen) atoms. The molecule has 6 nitrogen and oxygen atoms in total. The minimum atomic E-state index is -1.04. The van der Waals surface area contributed by atoms with E-state index in [0.717, 1.165) is 12.1 Å². The first kappa shape index (κ1) is 15.5. The van der Waals surface area contributed by atoms with Gasteiger partial charge in [-0.2, -0.15) is 4.39 Å². The van der Waals surface area contributed by atoms with Gasteiger partial charge in [-0.1, -0.05) is 0 Å². The van der Waals surface area contributed by atoms with Gasteiger partial charge in [-0.3, -0.25) is 10.1 Å². The van der Waals surface area contributed by atoms with Crippen LogP contribution in [0.25, 0.3) is 0 Å². The molecule has 2 rings (SSSR count). The Bertz CT molecular complexity index is 722. The van der Waals surface area contributed by atoms with Gasteiger partial charge in [-0.15, -0.1) is 0 Å². The molecule has 0 atom stereocenters. The SMILES string of the molecule is COc1cc(F)c([N+](=O)[O-])c(Nc2ccc(F)c(OC)c2)c1. The van der Waals surface area contributed by atoms with E-state index in [-0.39, 0.29) is 17.2 Å². The Morgan fingerprint density at radius 1 is 1.09 bits per heavy atom. The van der Waals surface area contributed by atoms with Crippen LogP contribution in [0.4, 0.5) is 25.8 Å². The van der Waals surface area contributed by atoms with Crippen LogP contribution in [0.1, 0.15) is 0 Å². The lowest BCUT2D eigenvalue weighted by molar-refractivity contribution is -0.386. The first-order valence-corrected chi connectivity index (χ1v) is 6.08. The van der Waals surface area contributed by atoms with Crippen molar-refractivity contribution >= 4 is 17.1 Å². The molecule has 0 unspecified atom stereocenters. The summed E-state index contributed by atoms with van der Waals surface area (Å²) in [6.07, 6.45) is 0. The standard InChI is InChI=1S/C14H12F2N2O4/c1-21-9-6-11(16)14(18(19)20)12(7-9)17-8-3-4-10(15)13(5-8)22-2/h3-7,17H,1-2H3. The molecule has 0 fully saturated rings. The zero-order valence-corrected chi connectivity index (χ0v) is 11.7.